The van der Waals surface area contributed by atoms with Crippen molar-refractivity contribution >= 4 is 23.5 Å². The van der Waals surface area contributed by atoms with Gasteiger partial charge in [0.25, 0.3) is 11.5 Å². The number of aromatic nitrogens is 3. The number of nitrogens with zero attached hydrogens (tertiary/aromatic N) is 5. The van der Waals surface area contributed by atoms with E-state index in [2.05, 4.69) is 15.3 Å². The molecule has 4 rings (SSSR count). The average molecular weight is 471 g/mol. The predicted molar refractivity (Wildman–Crippen MR) is 129 cm³/mol. The van der Waals surface area contributed by atoms with E-state index in [0.717, 1.165) is 25.9 Å². The summed E-state index contributed by atoms with van der Waals surface area (Å²) < 4.78 is 2.72. The molecule has 2 N–H and O–H groups in total. The normalized spacial score (nSPS) is 19.5. The first-order valence-electron chi connectivity index (χ1n) is 11.9. The Hall–Kier alpha value is -3.14. The molecule has 1 aliphatic heterocycles. The molecule has 1 saturated carbocycles. The number of rotatable bonds is 6. The van der Waals surface area contributed by atoms with Gasteiger partial charge in [-0.1, -0.05) is 13.8 Å². The van der Waals surface area contributed by atoms with E-state index in [1.807, 2.05) is 32.7 Å². The molecule has 0 unspecified atom stereocenters. The molecular formula is C24H34N6O4. The van der Waals surface area contributed by atoms with E-state index in [1.165, 1.54) is 10.6 Å². The first-order chi connectivity index (χ1) is 16.1. The molecule has 2 amide bonds. The van der Waals surface area contributed by atoms with Gasteiger partial charge in [-0.15, -0.1) is 0 Å². The fourth-order valence-corrected chi connectivity index (χ4v) is 4.50. The molecule has 10 nitrogen and oxygen atoms in total. The Bertz CT molecular complexity index is 1210. The Morgan fingerprint density at radius 1 is 1.26 bits per heavy atom. The van der Waals surface area contributed by atoms with Gasteiger partial charge in [-0.05, 0) is 45.7 Å². The van der Waals surface area contributed by atoms with Gasteiger partial charge in [0.05, 0.1) is 5.69 Å². The molecule has 0 radical (unpaired) electrons. The lowest BCUT2D eigenvalue weighted by molar-refractivity contribution is -0.130. The number of amides is 2. The van der Waals surface area contributed by atoms with Crippen LogP contribution in [0, 0.1) is 12.8 Å². The van der Waals surface area contributed by atoms with Crippen LogP contribution in [0.5, 0.6) is 5.88 Å². The van der Waals surface area contributed by atoms with Crippen molar-refractivity contribution in [3.05, 3.63) is 33.3 Å². The molecular weight excluding hydrogens is 436 g/mol. The number of carbonyl (C=O) groups excluding carboxylic acids is 2. The summed E-state index contributed by atoms with van der Waals surface area (Å²) in [5.41, 5.74) is 0.488. The van der Waals surface area contributed by atoms with Crippen LogP contribution in [0.3, 0.4) is 0 Å². The molecule has 2 aromatic heterocycles. The number of hydrogen-bond donors (Lipinski definition) is 2. The number of carbonyl (C=O) groups is 2. The standard InChI is InChI=1S/C24H34N6O4/c1-14(2)12-29-22-18(8-9-19(31)28-11-10-27(5)13-15(28)3)16(4)26-30(22)24(34)20(23(29)33)21(32)25-17-6-7-17/h8-9,14-15,17,33H,6-7,10-13H2,1-5H3,(H,25,32)/b9-8+/t15-/m0/s1. The summed E-state index contributed by atoms with van der Waals surface area (Å²) in [6.07, 6.45) is 4.89. The van der Waals surface area contributed by atoms with Crippen LogP contribution in [0.4, 0.5) is 0 Å². The Kier molecular flexibility index (Phi) is 6.53. The van der Waals surface area contributed by atoms with Gasteiger partial charge in [0.15, 0.2) is 5.56 Å². The molecule has 0 bridgehead atoms. The van der Waals surface area contributed by atoms with Gasteiger partial charge in [0.1, 0.15) is 5.65 Å². The van der Waals surface area contributed by atoms with Crippen molar-refractivity contribution in [1.82, 2.24) is 29.3 Å². The van der Waals surface area contributed by atoms with Crippen LogP contribution in [-0.2, 0) is 11.3 Å². The maximum absolute atomic E-state index is 13.2. The Labute approximate surface area is 198 Å². The second-order valence-corrected chi connectivity index (χ2v) is 9.97. The molecule has 2 aliphatic rings. The van der Waals surface area contributed by atoms with E-state index in [-0.39, 0.29) is 35.4 Å². The van der Waals surface area contributed by atoms with Crippen LogP contribution in [0.1, 0.15) is 55.2 Å². The predicted octanol–water partition coefficient (Wildman–Crippen LogP) is 1.23. The molecule has 10 heteroatoms. The van der Waals surface area contributed by atoms with Crippen molar-refractivity contribution in [3.63, 3.8) is 0 Å². The van der Waals surface area contributed by atoms with Gasteiger partial charge in [0.2, 0.25) is 11.8 Å². The van der Waals surface area contributed by atoms with Gasteiger partial charge < -0.3 is 20.2 Å². The first-order valence-corrected chi connectivity index (χ1v) is 11.9. The molecule has 0 spiro atoms. The number of piperazine rings is 1. The Morgan fingerprint density at radius 3 is 2.59 bits per heavy atom. The van der Waals surface area contributed by atoms with Crippen molar-refractivity contribution in [2.45, 2.75) is 59.2 Å². The molecule has 34 heavy (non-hydrogen) atoms. The third-order valence-corrected chi connectivity index (χ3v) is 6.42. The summed E-state index contributed by atoms with van der Waals surface area (Å²) in [5.74, 6) is -0.954. The fourth-order valence-electron chi connectivity index (χ4n) is 4.50. The Morgan fingerprint density at radius 2 is 1.97 bits per heavy atom. The van der Waals surface area contributed by atoms with Crippen LogP contribution in [-0.4, -0.2) is 79.7 Å². The smallest absolute Gasteiger partial charge is 0.291 e. The molecule has 1 atom stereocenters. The minimum atomic E-state index is -0.674. The van der Waals surface area contributed by atoms with Gasteiger partial charge in [-0.2, -0.15) is 9.61 Å². The van der Waals surface area contributed by atoms with Crippen LogP contribution in [0.15, 0.2) is 10.9 Å². The minimum absolute atomic E-state index is 0.0429. The van der Waals surface area contributed by atoms with Crippen LogP contribution < -0.4 is 10.9 Å². The SMILES string of the molecule is Cc1nn2c(=O)c(C(=O)NC3CC3)c(O)n(CC(C)C)c2c1/C=C/C(=O)N1CCN(C)C[C@@H]1C. The lowest BCUT2D eigenvalue weighted by Gasteiger charge is -2.37. The summed E-state index contributed by atoms with van der Waals surface area (Å²) in [5, 5.41) is 18.2. The summed E-state index contributed by atoms with van der Waals surface area (Å²) >= 11 is 0. The van der Waals surface area contributed by atoms with Crippen molar-refractivity contribution in [3.8, 4) is 5.88 Å². The van der Waals surface area contributed by atoms with Crippen molar-refractivity contribution in [2.75, 3.05) is 26.7 Å². The van der Waals surface area contributed by atoms with Gasteiger partial charge in [-0.25, -0.2) is 0 Å². The molecule has 1 saturated heterocycles. The topological polar surface area (TPSA) is 112 Å². The van der Waals surface area contributed by atoms with E-state index in [9.17, 15) is 19.5 Å². The van der Waals surface area contributed by atoms with Gasteiger partial charge >= 0.3 is 0 Å². The van der Waals surface area contributed by atoms with Crippen molar-refractivity contribution < 1.29 is 14.7 Å². The number of fused-ring (bicyclic) bond motifs is 1. The van der Waals surface area contributed by atoms with E-state index in [4.69, 9.17) is 0 Å². The summed E-state index contributed by atoms with van der Waals surface area (Å²) in [4.78, 5) is 42.9. The van der Waals surface area contributed by atoms with E-state index in [1.54, 1.807) is 17.6 Å². The van der Waals surface area contributed by atoms with Crippen molar-refractivity contribution in [1.29, 1.82) is 0 Å². The molecule has 0 aromatic carbocycles. The number of nitrogens with one attached hydrogen (secondary N) is 1. The maximum Gasteiger partial charge on any atom is 0.291 e. The van der Waals surface area contributed by atoms with E-state index >= 15 is 0 Å². The largest absolute Gasteiger partial charge is 0.494 e. The monoisotopic (exact) mass is 470 g/mol. The zero-order valence-electron chi connectivity index (χ0n) is 20.5. The minimum Gasteiger partial charge on any atom is -0.494 e. The number of aromatic hydroxyl groups is 1. The lowest BCUT2D eigenvalue weighted by Crippen LogP contribution is -2.52. The third-order valence-electron chi connectivity index (χ3n) is 6.42. The third kappa shape index (κ3) is 4.59. The highest BCUT2D eigenvalue weighted by Gasteiger charge is 2.30. The molecule has 184 valence electrons. The van der Waals surface area contributed by atoms with Crippen LogP contribution in [0.2, 0.25) is 0 Å². The van der Waals surface area contributed by atoms with Crippen LogP contribution >= 0.6 is 0 Å². The highest BCUT2D eigenvalue weighted by Crippen LogP contribution is 2.26. The van der Waals surface area contributed by atoms with Crippen LogP contribution in [0.25, 0.3) is 11.7 Å². The quantitative estimate of drug-likeness (QED) is 0.615. The average Bonchev–Trinajstić information content (AvgIpc) is 3.50. The number of aryl methyl sites for hydroxylation is 1. The summed E-state index contributed by atoms with van der Waals surface area (Å²) in [6.45, 7) is 10.4. The summed E-state index contributed by atoms with van der Waals surface area (Å²) in [6, 6.07) is 0.137. The zero-order chi connectivity index (χ0) is 24.7. The van der Waals surface area contributed by atoms with E-state index < -0.39 is 11.5 Å². The molecule has 2 aromatic rings. The fraction of sp³-hybridized carbons (Fsp3) is 0.583. The second kappa shape index (κ2) is 9.25. The lowest BCUT2D eigenvalue weighted by atomic mass is 10.1. The molecule has 2 fully saturated rings. The molecule has 1 aliphatic carbocycles. The Balaban J connectivity index is 1.78. The molecule has 3 heterocycles. The maximum atomic E-state index is 13.2. The number of likely N-dealkylation sites (N-methyl/N-ethyl adjacent to an activating group) is 1. The first kappa shape index (κ1) is 24.0. The summed E-state index contributed by atoms with van der Waals surface area (Å²) in [7, 11) is 2.04. The van der Waals surface area contributed by atoms with Crippen molar-refractivity contribution in [2.24, 2.45) is 5.92 Å². The second-order valence-electron chi connectivity index (χ2n) is 9.97. The van der Waals surface area contributed by atoms with Gasteiger partial charge in [0, 0.05) is 49.9 Å². The highest BCUT2D eigenvalue weighted by molar-refractivity contribution is 5.97. The highest BCUT2D eigenvalue weighted by atomic mass is 16.3. The van der Waals surface area contributed by atoms with Gasteiger partial charge in [-0.3, -0.25) is 19.0 Å². The number of hydrogen-bond acceptors (Lipinski definition) is 6. The zero-order valence-corrected chi connectivity index (χ0v) is 20.5. The van der Waals surface area contributed by atoms with E-state index in [0.29, 0.717) is 30.0 Å².